The van der Waals surface area contributed by atoms with E-state index in [-0.39, 0.29) is 0 Å². The summed E-state index contributed by atoms with van der Waals surface area (Å²) in [6, 6.07) is 4.42. The van der Waals surface area contributed by atoms with Crippen molar-refractivity contribution in [3.8, 4) is 0 Å². The Hall–Kier alpha value is -1.52. The van der Waals surface area contributed by atoms with Crippen LogP contribution in [0.1, 0.15) is 17.2 Å². The van der Waals surface area contributed by atoms with Crippen LogP contribution in [0.3, 0.4) is 0 Å². The molecule has 2 heterocycles. The minimum absolute atomic E-state index is 0.341. The topological polar surface area (TPSA) is 46.0 Å². The highest BCUT2D eigenvalue weighted by Gasteiger charge is 2.11. The molecule has 2 rings (SSSR count). The lowest BCUT2D eigenvalue weighted by Gasteiger charge is -2.10. The van der Waals surface area contributed by atoms with Crippen LogP contribution in [0.2, 0.25) is 5.15 Å². The Balaban J connectivity index is 2.31. The van der Waals surface area contributed by atoms with E-state index in [4.69, 9.17) is 11.6 Å². The predicted molar refractivity (Wildman–Crippen MR) is 57.5 cm³/mol. The van der Waals surface area contributed by atoms with Gasteiger partial charge in [-0.25, -0.2) is 9.37 Å². The van der Waals surface area contributed by atoms with Crippen molar-refractivity contribution in [2.24, 2.45) is 0 Å². The van der Waals surface area contributed by atoms with Crippen LogP contribution < -0.4 is 0 Å². The van der Waals surface area contributed by atoms with Gasteiger partial charge in [-0.2, -0.15) is 0 Å². The zero-order chi connectivity index (χ0) is 11.5. The molecular formula is C11H8ClFN2O. The van der Waals surface area contributed by atoms with E-state index in [9.17, 15) is 9.50 Å². The molecule has 3 nitrogen and oxygen atoms in total. The quantitative estimate of drug-likeness (QED) is 0.817. The molecule has 2 aromatic rings. The van der Waals surface area contributed by atoms with Crippen LogP contribution in [0.4, 0.5) is 4.39 Å². The van der Waals surface area contributed by atoms with Crippen LogP contribution >= 0.6 is 11.6 Å². The van der Waals surface area contributed by atoms with E-state index in [0.29, 0.717) is 16.3 Å². The highest BCUT2D eigenvalue weighted by molar-refractivity contribution is 6.29. The van der Waals surface area contributed by atoms with Gasteiger partial charge in [-0.05, 0) is 12.1 Å². The van der Waals surface area contributed by atoms with Crippen LogP contribution in [0.15, 0.2) is 36.8 Å². The molecule has 0 aliphatic heterocycles. The zero-order valence-electron chi connectivity index (χ0n) is 8.14. The number of halogens is 2. The largest absolute Gasteiger partial charge is 0.384 e. The SMILES string of the molecule is OC(c1ccc(Cl)nc1)c1cncc(F)c1. The van der Waals surface area contributed by atoms with Crippen molar-refractivity contribution in [3.63, 3.8) is 0 Å². The van der Waals surface area contributed by atoms with Crippen LogP contribution in [-0.4, -0.2) is 15.1 Å². The molecule has 16 heavy (non-hydrogen) atoms. The molecule has 0 radical (unpaired) electrons. The third-order valence-corrected chi connectivity index (χ3v) is 2.33. The van der Waals surface area contributed by atoms with Crippen molar-refractivity contribution < 1.29 is 9.50 Å². The molecular weight excluding hydrogens is 231 g/mol. The lowest BCUT2D eigenvalue weighted by atomic mass is 10.1. The monoisotopic (exact) mass is 238 g/mol. The van der Waals surface area contributed by atoms with Gasteiger partial charge in [0.25, 0.3) is 0 Å². The molecule has 0 fully saturated rings. The van der Waals surface area contributed by atoms with E-state index in [1.54, 1.807) is 12.1 Å². The second-order valence-electron chi connectivity index (χ2n) is 3.25. The summed E-state index contributed by atoms with van der Waals surface area (Å²) >= 11 is 5.62. The number of nitrogens with zero attached hydrogens (tertiary/aromatic N) is 2. The van der Waals surface area contributed by atoms with Gasteiger partial charge in [-0.1, -0.05) is 17.7 Å². The zero-order valence-corrected chi connectivity index (χ0v) is 8.89. The Morgan fingerprint density at radius 2 is 2.00 bits per heavy atom. The number of aliphatic hydroxyl groups is 1. The first-order valence-electron chi connectivity index (χ1n) is 4.57. The summed E-state index contributed by atoms with van der Waals surface area (Å²) in [5, 5.41) is 10.3. The molecule has 5 heteroatoms. The summed E-state index contributed by atoms with van der Waals surface area (Å²) in [7, 11) is 0. The number of aliphatic hydroxyl groups excluding tert-OH is 1. The van der Waals surface area contributed by atoms with Crippen molar-refractivity contribution in [2.75, 3.05) is 0 Å². The standard InChI is InChI=1S/C11H8ClFN2O/c12-10-2-1-7(5-15-10)11(16)8-3-9(13)6-14-4-8/h1-6,11,16H. The van der Waals surface area contributed by atoms with Crippen molar-refractivity contribution in [1.29, 1.82) is 0 Å². The maximum absolute atomic E-state index is 12.9. The molecule has 1 unspecified atom stereocenters. The van der Waals surface area contributed by atoms with Gasteiger partial charge >= 0.3 is 0 Å². The Labute approximate surface area is 96.6 Å². The molecule has 2 aromatic heterocycles. The third-order valence-electron chi connectivity index (χ3n) is 2.11. The number of hydrogen-bond acceptors (Lipinski definition) is 3. The fraction of sp³-hybridized carbons (Fsp3) is 0.0909. The Kier molecular flexibility index (Phi) is 3.12. The van der Waals surface area contributed by atoms with E-state index < -0.39 is 11.9 Å². The number of pyridine rings is 2. The fourth-order valence-electron chi connectivity index (χ4n) is 1.32. The number of rotatable bonds is 2. The summed E-state index contributed by atoms with van der Waals surface area (Å²) in [5.41, 5.74) is 0.918. The van der Waals surface area contributed by atoms with Gasteiger partial charge in [0.05, 0.1) is 6.20 Å². The summed E-state index contributed by atoms with van der Waals surface area (Å²) in [5.74, 6) is -0.488. The Morgan fingerprint density at radius 1 is 1.19 bits per heavy atom. The van der Waals surface area contributed by atoms with Crippen LogP contribution in [0.5, 0.6) is 0 Å². The maximum Gasteiger partial charge on any atom is 0.141 e. The number of hydrogen-bond donors (Lipinski definition) is 1. The third kappa shape index (κ3) is 2.35. The van der Waals surface area contributed by atoms with Crippen LogP contribution in [0, 0.1) is 5.82 Å². The molecule has 0 aliphatic rings. The van der Waals surface area contributed by atoms with E-state index in [0.717, 1.165) is 6.20 Å². The smallest absolute Gasteiger partial charge is 0.141 e. The molecule has 1 N–H and O–H groups in total. The molecule has 0 amide bonds. The van der Waals surface area contributed by atoms with Crippen molar-refractivity contribution in [2.45, 2.75) is 6.10 Å². The minimum atomic E-state index is -0.951. The average molecular weight is 239 g/mol. The van der Waals surface area contributed by atoms with Crippen LogP contribution in [0.25, 0.3) is 0 Å². The van der Waals surface area contributed by atoms with Crippen molar-refractivity contribution >= 4 is 11.6 Å². The van der Waals surface area contributed by atoms with Gasteiger partial charge < -0.3 is 5.11 Å². The predicted octanol–water partition coefficient (Wildman–Crippen LogP) is 2.35. The summed E-state index contributed by atoms with van der Waals surface area (Å²) in [6.07, 6.45) is 2.98. The van der Waals surface area contributed by atoms with Gasteiger partial charge in [0.2, 0.25) is 0 Å². The normalized spacial score (nSPS) is 12.4. The second kappa shape index (κ2) is 4.55. The molecule has 0 aromatic carbocycles. The van der Waals surface area contributed by atoms with Gasteiger partial charge in [0.15, 0.2) is 0 Å². The fourth-order valence-corrected chi connectivity index (χ4v) is 1.43. The minimum Gasteiger partial charge on any atom is -0.384 e. The van der Waals surface area contributed by atoms with Crippen LogP contribution in [-0.2, 0) is 0 Å². The van der Waals surface area contributed by atoms with Gasteiger partial charge in [-0.3, -0.25) is 4.98 Å². The highest BCUT2D eigenvalue weighted by Crippen LogP contribution is 2.21. The molecule has 0 bridgehead atoms. The van der Waals surface area contributed by atoms with Gasteiger partial charge in [-0.15, -0.1) is 0 Å². The first-order valence-corrected chi connectivity index (χ1v) is 4.94. The Morgan fingerprint density at radius 3 is 2.62 bits per heavy atom. The molecule has 1 atom stereocenters. The van der Waals surface area contributed by atoms with Crippen molar-refractivity contribution in [1.82, 2.24) is 9.97 Å². The second-order valence-corrected chi connectivity index (χ2v) is 3.64. The van der Waals surface area contributed by atoms with Crippen molar-refractivity contribution in [3.05, 3.63) is 58.9 Å². The average Bonchev–Trinajstić information content (AvgIpc) is 2.29. The first kappa shape index (κ1) is 11.0. The van der Waals surface area contributed by atoms with E-state index in [1.165, 1.54) is 18.5 Å². The molecule has 82 valence electrons. The van der Waals surface area contributed by atoms with E-state index >= 15 is 0 Å². The first-order chi connectivity index (χ1) is 7.66. The lowest BCUT2D eigenvalue weighted by Crippen LogP contribution is -2.01. The molecule has 0 saturated heterocycles. The number of aromatic nitrogens is 2. The molecule has 0 saturated carbocycles. The highest BCUT2D eigenvalue weighted by atomic mass is 35.5. The van der Waals surface area contributed by atoms with E-state index in [2.05, 4.69) is 9.97 Å². The van der Waals surface area contributed by atoms with Gasteiger partial charge in [0, 0.05) is 23.5 Å². The molecule has 0 spiro atoms. The van der Waals surface area contributed by atoms with E-state index in [1.807, 2.05) is 0 Å². The summed E-state index contributed by atoms with van der Waals surface area (Å²) in [6.45, 7) is 0. The lowest BCUT2D eigenvalue weighted by molar-refractivity contribution is 0.219. The maximum atomic E-state index is 12.9. The Bertz CT molecular complexity index is 490. The molecule has 0 aliphatic carbocycles. The summed E-state index contributed by atoms with van der Waals surface area (Å²) < 4.78 is 12.9. The van der Waals surface area contributed by atoms with Gasteiger partial charge in [0.1, 0.15) is 17.1 Å². The summed E-state index contributed by atoms with van der Waals surface area (Å²) in [4.78, 5) is 7.51.